The van der Waals surface area contributed by atoms with E-state index in [4.69, 9.17) is 15.2 Å². The smallest absolute Gasteiger partial charge is 0.326 e. The van der Waals surface area contributed by atoms with Crippen molar-refractivity contribution in [3.63, 3.8) is 0 Å². The van der Waals surface area contributed by atoms with Gasteiger partial charge in [0, 0.05) is 7.11 Å². The number of rotatable bonds is 4. The highest BCUT2D eigenvalue weighted by Crippen LogP contribution is 2.28. The minimum Gasteiger partial charge on any atom is -0.459 e. The average molecular weight is 201 g/mol. The van der Waals surface area contributed by atoms with Crippen molar-refractivity contribution < 1.29 is 14.3 Å². The number of nitrogens with two attached hydrogens (primary N) is 1. The van der Waals surface area contributed by atoms with E-state index in [1.165, 1.54) is 0 Å². The molecule has 0 aromatic rings. The minimum absolute atomic E-state index is 0.214. The quantitative estimate of drug-likeness (QED) is 0.684. The molecule has 14 heavy (non-hydrogen) atoms. The number of esters is 1. The predicted molar refractivity (Wildman–Crippen MR) is 52.8 cm³/mol. The van der Waals surface area contributed by atoms with Crippen LogP contribution < -0.4 is 5.73 Å². The summed E-state index contributed by atoms with van der Waals surface area (Å²) in [5, 5.41) is 0. The highest BCUT2D eigenvalue weighted by Gasteiger charge is 2.39. The summed E-state index contributed by atoms with van der Waals surface area (Å²) in [6.45, 7) is 2.22. The van der Waals surface area contributed by atoms with Crippen molar-refractivity contribution in [3.05, 3.63) is 0 Å². The van der Waals surface area contributed by atoms with Crippen LogP contribution in [0, 0.1) is 0 Å². The first-order valence-corrected chi connectivity index (χ1v) is 5.07. The third-order valence-corrected chi connectivity index (χ3v) is 2.61. The fourth-order valence-corrected chi connectivity index (χ4v) is 1.78. The molecule has 4 nitrogen and oxygen atoms in total. The molecule has 1 saturated carbocycles. The molecule has 0 bridgehead atoms. The number of carbonyl (C=O) groups is 1. The summed E-state index contributed by atoms with van der Waals surface area (Å²) in [4.78, 5) is 11.6. The molecule has 0 radical (unpaired) electrons. The van der Waals surface area contributed by atoms with Gasteiger partial charge in [-0.3, -0.25) is 4.79 Å². The molecule has 82 valence electrons. The van der Waals surface area contributed by atoms with E-state index in [2.05, 4.69) is 0 Å². The summed E-state index contributed by atoms with van der Waals surface area (Å²) in [6, 6.07) is 0. The largest absolute Gasteiger partial charge is 0.459 e. The standard InChI is InChI=1S/C10H19NO3/c1-8(7-13-2)14-9(12)10(11)5-3-4-6-10/h8H,3-7,11H2,1-2H3. The number of methoxy groups -OCH3 is 1. The van der Waals surface area contributed by atoms with Gasteiger partial charge in [0.1, 0.15) is 11.6 Å². The molecule has 0 saturated heterocycles. The molecular weight excluding hydrogens is 182 g/mol. The van der Waals surface area contributed by atoms with Gasteiger partial charge in [-0.05, 0) is 19.8 Å². The average Bonchev–Trinajstić information content (AvgIpc) is 2.54. The number of hydrogen-bond donors (Lipinski definition) is 1. The number of hydrogen-bond acceptors (Lipinski definition) is 4. The van der Waals surface area contributed by atoms with Crippen molar-refractivity contribution in [1.82, 2.24) is 0 Å². The Hall–Kier alpha value is -0.610. The van der Waals surface area contributed by atoms with E-state index in [-0.39, 0.29) is 12.1 Å². The van der Waals surface area contributed by atoms with Gasteiger partial charge >= 0.3 is 5.97 Å². The van der Waals surface area contributed by atoms with Gasteiger partial charge in [0.05, 0.1) is 6.61 Å². The molecule has 0 aromatic carbocycles. The monoisotopic (exact) mass is 201 g/mol. The molecule has 0 heterocycles. The Morgan fingerprint density at radius 2 is 2.07 bits per heavy atom. The summed E-state index contributed by atoms with van der Waals surface area (Å²) in [5.74, 6) is -0.278. The first kappa shape index (κ1) is 11.5. The van der Waals surface area contributed by atoms with Crippen molar-refractivity contribution in [1.29, 1.82) is 0 Å². The Morgan fingerprint density at radius 3 is 2.57 bits per heavy atom. The summed E-state index contributed by atoms with van der Waals surface area (Å²) < 4.78 is 10.1. The van der Waals surface area contributed by atoms with Crippen molar-refractivity contribution in [2.75, 3.05) is 13.7 Å². The van der Waals surface area contributed by atoms with E-state index in [0.29, 0.717) is 6.61 Å². The normalized spacial score (nSPS) is 21.9. The maximum atomic E-state index is 11.6. The number of ether oxygens (including phenoxy) is 2. The second kappa shape index (κ2) is 4.75. The Kier molecular flexibility index (Phi) is 3.89. The van der Waals surface area contributed by atoms with E-state index in [1.54, 1.807) is 14.0 Å². The lowest BCUT2D eigenvalue weighted by molar-refractivity contribution is -0.156. The highest BCUT2D eigenvalue weighted by molar-refractivity contribution is 5.81. The van der Waals surface area contributed by atoms with Crippen molar-refractivity contribution in [2.45, 2.75) is 44.2 Å². The minimum atomic E-state index is -0.734. The third kappa shape index (κ3) is 2.69. The van der Waals surface area contributed by atoms with Gasteiger partial charge in [0.2, 0.25) is 0 Å². The van der Waals surface area contributed by atoms with E-state index in [9.17, 15) is 4.79 Å². The van der Waals surface area contributed by atoms with Gasteiger partial charge in [0.25, 0.3) is 0 Å². The Bertz CT molecular complexity index is 200. The fraction of sp³-hybridized carbons (Fsp3) is 0.900. The van der Waals surface area contributed by atoms with Gasteiger partial charge in [-0.15, -0.1) is 0 Å². The maximum absolute atomic E-state index is 11.6. The second-order valence-electron chi connectivity index (χ2n) is 4.03. The lowest BCUT2D eigenvalue weighted by atomic mass is 10.00. The fourth-order valence-electron chi connectivity index (χ4n) is 1.78. The molecule has 1 atom stereocenters. The van der Waals surface area contributed by atoms with Crippen LogP contribution in [0.2, 0.25) is 0 Å². The van der Waals surface area contributed by atoms with Crippen LogP contribution in [0.3, 0.4) is 0 Å². The summed E-state index contributed by atoms with van der Waals surface area (Å²) in [6.07, 6.45) is 3.31. The number of carbonyl (C=O) groups excluding carboxylic acids is 1. The zero-order chi connectivity index (χ0) is 10.6. The molecule has 1 unspecified atom stereocenters. The van der Waals surface area contributed by atoms with E-state index in [0.717, 1.165) is 25.7 Å². The molecule has 0 aromatic heterocycles. The Morgan fingerprint density at radius 1 is 1.50 bits per heavy atom. The molecule has 4 heteroatoms. The predicted octanol–water partition coefficient (Wildman–Crippen LogP) is 0.836. The van der Waals surface area contributed by atoms with Crippen LogP contribution in [0.15, 0.2) is 0 Å². The molecule has 0 aliphatic heterocycles. The van der Waals surface area contributed by atoms with E-state index in [1.807, 2.05) is 0 Å². The summed E-state index contributed by atoms with van der Waals surface area (Å²) in [7, 11) is 1.58. The molecule has 0 amide bonds. The lowest BCUT2D eigenvalue weighted by Crippen LogP contribution is -2.47. The maximum Gasteiger partial charge on any atom is 0.326 e. The zero-order valence-corrected chi connectivity index (χ0v) is 8.91. The topological polar surface area (TPSA) is 61.5 Å². The van der Waals surface area contributed by atoms with Gasteiger partial charge in [-0.25, -0.2) is 0 Å². The second-order valence-corrected chi connectivity index (χ2v) is 4.03. The van der Waals surface area contributed by atoms with Gasteiger partial charge in [0.15, 0.2) is 0 Å². The van der Waals surface area contributed by atoms with Crippen LogP contribution >= 0.6 is 0 Å². The van der Waals surface area contributed by atoms with Gasteiger partial charge in [-0.2, -0.15) is 0 Å². The highest BCUT2D eigenvalue weighted by atomic mass is 16.6. The van der Waals surface area contributed by atoms with Crippen molar-refractivity contribution in [3.8, 4) is 0 Å². The molecule has 1 fully saturated rings. The SMILES string of the molecule is COCC(C)OC(=O)C1(N)CCCC1. The van der Waals surface area contributed by atoms with Crippen LogP contribution in [0.25, 0.3) is 0 Å². The Balaban J connectivity index is 2.40. The van der Waals surface area contributed by atoms with Crippen LogP contribution in [0.4, 0.5) is 0 Å². The molecule has 1 aliphatic carbocycles. The van der Waals surface area contributed by atoms with Crippen LogP contribution in [0.5, 0.6) is 0 Å². The molecular formula is C10H19NO3. The van der Waals surface area contributed by atoms with Crippen LogP contribution in [0.1, 0.15) is 32.6 Å². The van der Waals surface area contributed by atoms with Gasteiger partial charge < -0.3 is 15.2 Å². The van der Waals surface area contributed by atoms with Crippen molar-refractivity contribution in [2.24, 2.45) is 5.73 Å². The van der Waals surface area contributed by atoms with E-state index >= 15 is 0 Å². The van der Waals surface area contributed by atoms with Gasteiger partial charge in [-0.1, -0.05) is 12.8 Å². The summed E-state index contributed by atoms with van der Waals surface area (Å²) >= 11 is 0. The first-order valence-electron chi connectivity index (χ1n) is 5.07. The van der Waals surface area contributed by atoms with E-state index < -0.39 is 5.54 Å². The van der Waals surface area contributed by atoms with Crippen LogP contribution in [-0.2, 0) is 14.3 Å². The Labute approximate surface area is 84.7 Å². The molecule has 1 aliphatic rings. The van der Waals surface area contributed by atoms with Crippen LogP contribution in [-0.4, -0.2) is 31.3 Å². The lowest BCUT2D eigenvalue weighted by Gasteiger charge is -2.23. The summed E-state index contributed by atoms with van der Waals surface area (Å²) in [5.41, 5.74) is 5.20. The first-order chi connectivity index (χ1) is 6.58. The molecule has 1 rings (SSSR count). The molecule has 0 spiro atoms. The molecule has 2 N–H and O–H groups in total. The van der Waals surface area contributed by atoms with Crippen molar-refractivity contribution >= 4 is 5.97 Å². The third-order valence-electron chi connectivity index (χ3n) is 2.61. The zero-order valence-electron chi connectivity index (χ0n) is 8.91.